The van der Waals surface area contributed by atoms with E-state index < -0.39 is 18.0 Å². The van der Waals surface area contributed by atoms with Crippen LogP contribution in [0.15, 0.2) is 23.2 Å². The first-order valence-electron chi connectivity index (χ1n) is 6.29. The average Bonchev–Trinajstić information content (AvgIpc) is 2.75. The molecule has 1 aliphatic heterocycles. The number of thiazole rings is 1. The van der Waals surface area contributed by atoms with Crippen molar-refractivity contribution >= 4 is 28.6 Å². The van der Waals surface area contributed by atoms with Crippen molar-refractivity contribution in [3.05, 3.63) is 35.0 Å². The summed E-state index contributed by atoms with van der Waals surface area (Å²) in [7, 11) is 0. The molecule has 2 N–H and O–H groups in total. The van der Waals surface area contributed by atoms with Crippen LogP contribution in [-0.2, 0) is 4.79 Å². The Morgan fingerprint density at radius 2 is 2.05 bits per heavy atom. The molecule has 8 heteroatoms. The van der Waals surface area contributed by atoms with Crippen LogP contribution in [0.5, 0.6) is 0 Å². The summed E-state index contributed by atoms with van der Waals surface area (Å²) < 4.78 is 39.5. The fourth-order valence-corrected chi connectivity index (χ4v) is 3.26. The van der Waals surface area contributed by atoms with Crippen LogP contribution in [0, 0.1) is 6.92 Å². The van der Waals surface area contributed by atoms with E-state index in [9.17, 15) is 18.0 Å². The van der Waals surface area contributed by atoms with Gasteiger partial charge in [-0.05, 0) is 29.7 Å². The van der Waals surface area contributed by atoms with Crippen molar-refractivity contribution in [3.63, 3.8) is 0 Å². The molecular formula is C14H10F3N3OS. The van der Waals surface area contributed by atoms with E-state index in [0.29, 0.717) is 26.8 Å². The normalized spacial score (nSPS) is 17.6. The lowest BCUT2D eigenvalue weighted by Gasteiger charge is -2.22. The zero-order valence-corrected chi connectivity index (χ0v) is 12.1. The first-order valence-corrected chi connectivity index (χ1v) is 7.11. The van der Waals surface area contributed by atoms with Crippen molar-refractivity contribution in [2.75, 3.05) is 5.73 Å². The number of aromatic nitrogens is 1. The van der Waals surface area contributed by atoms with Gasteiger partial charge < -0.3 is 5.73 Å². The molecule has 114 valence electrons. The average molecular weight is 325 g/mol. The summed E-state index contributed by atoms with van der Waals surface area (Å²) in [6.45, 7) is 1.73. The van der Waals surface area contributed by atoms with E-state index >= 15 is 0 Å². The van der Waals surface area contributed by atoms with Crippen LogP contribution in [-0.4, -0.2) is 23.3 Å². The predicted molar refractivity (Wildman–Crippen MR) is 78.1 cm³/mol. The largest absolute Gasteiger partial charge is 0.404 e. The minimum absolute atomic E-state index is 0.0867. The lowest BCUT2D eigenvalue weighted by Crippen LogP contribution is -2.30. The number of nitrogen functional groups attached to an aromatic ring is 1. The molecule has 1 atom stereocenters. The first-order chi connectivity index (χ1) is 10.3. The van der Waals surface area contributed by atoms with Gasteiger partial charge in [0, 0.05) is 6.21 Å². The number of hydrogen-bond donors (Lipinski definition) is 1. The topological polar surface area (TPSA) is 68.3 Å². The Labute approximate surface area is 127 Å². The molecule has 1 aromatic carbocycles. The second-order valence-electron chi connectivity index (χ2n) is 4.88. The maximum Gasteiger partial charge on any atom is 0.404 e. The van der Waals surface area contributed by atoms with Gasteiger partial charge in [0.05, 0.1) is 10.6 Å². The van der Waals surface area contributed by atoms with Gasteiger partial charge in [-0.15, -0.1) is 0 Å². The number of rotatable bonds is 1. The third kappa shape index (κ3) is 2.39. The van der Waals surface area contributed by atoms with Gasteiger partial charge in [0.25, 0.3) is 5.91 Å². The number of amides is 1. The van der Waals surface area contributed by atoms with Gasteiger partial charge >= 0.3 is 6.18 Å². The Morgan fingerprint density at radius 3 is 2.64 bits per heavy atom. The number of aryl methyl sites for hydroxylation is 1. The fourth-order valence-electron chi connectivity index (χ4n) is 2.43. The van der Waals surface area contributed by atoms with Crippen molar-refractivity contribution in [1.82, 2.24) is 4.98 Å². The molecule has 0 aliphatic carbocycles. The number of nitrogens with zero attached hydrogens (tertiary/aromatic N) is 2. The zero-order valence-electron chi connectivity index (χ0n) is 11.3. The van der Waals surface area contributed by atoms with Crippen molar-refractivity contribution in [1.29, 1.82) is 0 Å². The monoisotopic (exact) mass is 325 g/mol. The van der Waals surface area contributed by atoms with Crippen LogP contribution in [0.4, 0.5) is 18.3 Å². The summed E-state index contributed by atoms with van der Waals surface area (Å²) in [5, 5.41) is 0.343. The molecule has 0 spiro atoms. The van der Waals surface area contributed by atoms with E-state index in [1.165, 1.54) is 23.5 Å². The lowest BCUT2D eigenvalue weighted by molar-refractivity contribution is -0.162. The Kier molecular flexibility index (Phi) is 3.28. The van der Waals surface area contributed by atoms with Gasteiger partial charge in [-0.3, -0.25) is 4.79 Å². The standard InChI is InChI=1S/C14H10F3N3OS/c1-6-11(22-13(18)20-6)7-2-3-8-5-19-12(21)10(9(8)4-7)14(15,16)17/h2-5,10H,1H3,(H2,18,20). The smallest absolute Gasteiger partial charge is 0.375 e. The zero-order chi connectivity index (χ0) is 16.1. The summed E-state index contributed by atoms with van der Waals surface area (Å²) in [6.07, 6.45) is -3.51. The summed E-state index contributed by atoms with van der Waals surface area (Å²) in [5.41, 5.74) is 7.03. The molecule has 1 aliphatic rings. The van der Waals surface area contributed by atoms with Crippen molar-refractivity contribution in [2.24, 2.45) is 4.99 Å². The van der Waals surface area contributed by atoms with Crippen molar-refractivity contribution < 1.29 is 18.0 Å². The highest BCUT2D eigenvalue weighted by molar-refractivity contribution is 7.18. The molecule has 1 unspecified atom stereocenters. The second kappa shape index (κ2) is 4.91. The maximum absolute atomic E-state index is 13.2. The maximum atomic E-state index is 13.2. The van der Waals surface area contributed by atoms with Gasteiger partial charge in [-0.2, -0.15) is 13.2 Å². The number of carbonyl (C=O) groups excluding carboxylic acids is 1. The Bertz CT molecular complexity index is 795. The molecule has 1 aromatic heterocycles. The molecule has 22 heavy (non-hydrogen) atoms. The number of benzene rings is 1. The third-order valence-electron chi connectivity index (χ3n) is 3.38. The van der Waals surface area contributed by atoms with Crippen LogP contribution < -0.4 is 5.73 Å². The molecular weight excluding hydrogens is 315 g/mol. The van der Waals surface area contributed by atoms with Gasteiger partial charge in [-0.1, -0.05) is 23.5 Å². The molecule has 4 nitrogen and oxygen atoms in total. The summed E-state index contributed by atoms with van der Waals surface area (Å²) in [6, 6.07) is 4.57. The number of aliphatic imine (C=N–C) groups is 1. The van der Waals surface area contributed by atoms with E-state index in [1.807, 2.05) is 0 Å². The van der Waals surface area contributed by atoms with Crippen LogP contribution >= 0.6 is 11.3 Å². The molecule has 0 radical (unpaired) electrons. The number of hydrogen-bond acceptors (Lipinski definition) is 4. The van der Waals surface area contributed by atoms with Gasteiger partial charge in [0.2, 0.25) is 0 Å². The quantitative estimate of drug-likeness (QED) is 0.874. The van der Waals surface area contributed by atoms with Crippen molar-refractivity contribution in [3.8, 4) is 10.4 Å². The van der Waals surface area contributed by atoms with Crippen molar-refractivity contribution in [2.45, 2.75) is 19.0 Å². The fraction of sp³-hybridized carbons (Fsp3) is 0.214. The van der Waals surface area contributed by atoms with Gasteiger partial charge in [0.1, 0.15) is 0 Å². The number of alkyl halides is 3. The lowest BCUT2D eigenvalue weighted by atomic mass is 9.89. The Balaban J connectivity index is 2.17. The Morgan fingerprint density at radius 1 is 1.32 bits per heavy atom. The number of fused-ring (bicyclic) bond motifs is 1. The summed E-state index contributed by atoms with van der Waals surface area (Å²) in [4.78, 5) is 19.7. The highest BCUT2D eigenvalue weighted by atomic mass is 32.1. The predicted octanol–water partition coefficient (Wildman–Crippen LogP) is 3.31. The van der Waals surface area contributed by atoms with Crippen LogP contribution in [0.1, 0.15) is 22.7 Å². The van der Waals surface area contributed by atoms with Gasteiger partial charge in [0.15, 0.2) is 11.0 Å². The van der Waals surface area contributed by atoms with E-state index in [0.717, 1.165) is 6.21 Å². The number of halogens is 3. The summed E-state index contributed by atoms with van der Waals surface area (Å²) >= 11 is 1.19. The number of carbonyl (C=O) groups is 1. The van der Waals surface area contributed by atoms with E-state index in [2.05, 4.69) is 9.98 Å². The molecule has 2 aromatic rings. The SMILES string of the molecule is Cc1nc(N)sc1-c1ccc2c(c1)C(C(F)(F)F)C(=O)N=C2. The van der Waals surface area contributed by atoms with Crippen LogP contribution in [0.3, 0.4) is 0 Å². The minimum atomic E-state index is -4.68. The molecule has 0 fully saturated rings. The van der Waals surface area contributed by atoms with E-state index in [4.69, 9.17) is 5.73 Å². The van der Waals surface area contributed by atoms with Crippen LogP contribution in [0.2, 0.25) is 0 Å². The highest BCUT2D eigenvalue weighted by Gasteiger charge is 2.48. The molecule has 1 amide bonds. The van der Waals surface area contributed by atoms with Gasteiger partial charge in [-0.25, -0.2) is 9.98 Å². The number of anilines is 1. The Hall–Kier alpha value is -2.22. The molecule has 0 saturated carbocycles. The number of nitrogens with two attached hydrogens (primary N) is 1. The minimum Gasteiger partial charge on any atom is -0.375 e. The van der Waals surface area contributed by atoms with E-state index in [-0.39, 0.29) is 5.56 Å². The first kappa shape index (κ1) is 14.7. The second-order valence-corrected chi connectivity index (χ2v) is 5.91. The molecule has 0 bridgehead atoms. The van der Waals surface area contributed by atoms with Crippen LogP contribution in [0.25, 0.3) is 10.4 Å². The molecule has 0 saturated heterocycles. The molecule has 3 rings (SSSR count). The summed E-state index contributed by atoms with van der Waals surface area (Å²) in [5.74, 6) is -3.42. The van der Waals surface area contributed by atoms with E-state index in [1.54, 1.807) is 13.0 Å². The third-order valence-corrected chi connectivity index (χ3v) is 4.41. The highest BCUT2D eigenvalue weighted by Crippen LogP contribution is 2.41. The molecule has 2 heterocycles.